The second-order valence-corrected chi connectivity index (χ2v) is 5.47. The standard InChI is InChI=1S/C13H9.C9H7.CH2.2ClH.Ti/c1-3-7-12-10(5-1)9-11-6-2-4-8-13(11)12;1-2-5-9-7-3-6-8(9)4-1;;;;/h1-9H;1-7H;1H2;2*1H;/q2*-1;;;;+2/p-2. The fourth-order valence-corrected chi connectivity index (χ4v) is 2.97. The number of fused-ring (bicyclic) bond motifs is 4. The van der Waals surface area contributed by atoms with Crippen molar-refractivity contribution >= 4 is 37.1 Å². The van der Waals surface area contributed by atoms with E-state index in [1.807, 2.05) is 0 Å². The van der Waals surface area contributed by atoms with E-state index in [2.05, 4.69) is 102 Å². The molecule has 0 radical (unpaired) electrons. The molecule has 0 aliphatic heterocycles. The predicted octanol–water partition coefficient (Wildman–Crippen LogP) is 0.244. The first-order valence-electron chi connectivity index (χ1n) is 7.91. The number of hydrogen-bond acceptors (Lipinski definition) is 0. The summed E-state index contributed by atoms with van der Waals surface area (Å²) in [7, 11) is 0. The SMILES string of the molecule is [CH2]=[Ti+2].[Cl-].[Cl-].c1ccc2[cH-]ccc2c1.c1ccc2c(c1)[cH-]c1ccccc12. The number of halogens is 2. The average Bonchev–Trinajstić information content (AvgIpc) is 3.28. The van der Waals surface area contributed by atoms with Crippen LogP contribution in [0.2, 0.25) is 0 Å². The van der Waals surface area contributed by atoms with E-state index in [1.54, 1.807) is 20.0 Å². The van der Waals surface area contributed by atoms with Gasteiger partial charge in [0, 0.05) is 0 Å². The summed E-state index contributed by atoms with van der Waals surface area (Å²) < 4.78 is 0. The van der Waals surface area contributed by atoms with Gasteiger partial charge in [-0.2, -0.15) is 17.5 Å². The molecule has 0 aliphatic carbocycles. The minimum Gasteiger partial charge on any atom is -1.00 e. The summed E-state index contributed by atoms with van der Waals surface area (Å²) >= 11 is 1.75. The van der Waals surface area contributed by atoms with Gasteiger partial charge in [-0.25, -0.2) is 0 Å². The summed E-state index contributed by atoms with van der Waals surface area (Å²) in [6.07, 6.45) is 0. The third-order valence-electron chi connectivity index (χ3n) is 4.07. The van der Waals surface area contributed by atoms with Gasteiger partial charge in [-0.15, -0.1) is 69.4 Å². The summed E-state index contributed by atoms with van der Waals surface area (Å²) in [5.41, 5.74) is 0. The molecule has 0 fully saturated rings. The first-order chi connectivity index (χ1) is 11.9. The van der Waals surface area contributed by atoms with Crippen molar-refractivity contribution in [2.45, 2.75) is 0 Å². The maximum absolute atomic E-state index is 3.25. The zero-order valence-electron chi connectivity index (χ0n) is 14.2. The summed E-state index contributed by atoms with van der Waals surface area (Å²) in [5, 5.41) is 8.05. The molecule has 130 valence electrons. The Morgan fingerprint density at radius 3 is 1.58 bits per heavy atom. The van der Waals surface area contributed by atoms with Crippen LogP contribution in [-0.4, -0.2) is 4.82 Å². The van der Waals surface area contributed by atoms with Crippen molar-refractivity contribution in [1.82, 2.24) is 0 Å². The van der Waals surface area contributed by atoms with Gasteiger partial charge in [0.1, 0.15) is 0 Å². The number of rotatable bonds is 0. The zero-order valence-corrected chi connectivity index (χ0v) is 17.3. The Hall–Kier alpha value is -1.70. The van der Waals surface area contributed by atoms with Gasteiger partial charge in [0.25, 0.3) is 0 Å². The van der Waals surface area contributed by atoms with Gasteiger partial charge < -0.3 is 24.8 Å². The molecule has 0 aromatic heterocycles. The third kappa shape index (κ3) is 4.93. The Morgan fingerprint density at radius 1 is 0.577 bits per heavy atom. The van der Waals surface area contributed by atoms with Crippen molar-refractivity contribution in [2.75, 3.05) is 0 Å². The predicted molar refractivity (Wildman–Crippen MR) is 104 cm³/mol. The quantitative estimate of drug-likeness (QED) is 0.252. The fourth-order valence-electron chi connectivity index (χ4n) is 2.97. The molecule has 0 nitrogen and oxygen atoms in total. The van der Waals surface area contributed by atoms with Crippen LogP contribution in [0.1, 0.15) is 0 Å². The number of hydrogen-bond donors (Lipinski definition) is 0. The molecular weight excluding hydrogens is 395 g/mol. The molecule has 0 atom stereocenters. The molecule has 0 bridgehead atoms. The molecule has 0 heterocycles. The van der Waals surface area contributed by atoms with E-state index in [-0.39, 0.29) is 24.8 Å². The molecule has 26 heavy (non-hydrogen) atoms. The van der Waals surface area contributed by atoms with Crippen molar-refractivity contribution < 1.29 is 44.8 Å². The van der Waals surface area contributed by atoms with Gasteiger partial charge in [0.05, 0.1) is 0 Å². The van der Waals surface area contributed by atoms with Gasteiger partial charge in [0.2, 0.25) is 0 Å². The summed E-state index contributed by atoms with van der Waals surface area (Å²) in [6, 6.07) is 33.9. The molecule has 0 unspecified atom stereocenters. The van der Waals surface area contributed by atoms with Crippen molar-refractivity contribution in [3.63, 3.8) is 0 Å². The molecule has 5 aromatic rings. The first kappa shape index (κ1) is 22.3. The van der Waals surface area contributed by atoms with E-state index in [4.69, 9.17) is 0 Å². The van der Waals surface area contributed by atoms with Crippen LogP contribution < -0.4 is 24.8 Å². The van der Waals surface area contributed by atoms with Crippen LogP contribution in [0, 0.1) is 0 Å². The topological polar surface area (TPSA) is 0 Å². The molecule has 0 aliphatic rings. The summed E-state index contributed by atoms with van der Waals surface area (Å²) in [5.74, 6) is 0. The van der Waals surface area contributed by atoms with Gasteiger partial charge in [0.15, 0.2) is 0 Å². The van der Waals surface area contributed by atoms with Crippen LogP contribution >= 0.6 is 0 Å². The zero-order chi connectivity index (χ0) is 16.8. The van der Waals surface area contributed by atoms with E-state index in [1.165, 1.54) is 32.3 Å². The molecule has 5 rings (SSSR count). The number of benzene rings is 3. The molecule has 3 heteroatoms. The van der Waals surface area contributed by atoms with Crippen molar-refractivity contribution in [3.05, 3.63) is 97.1 Å². The van der Waals surface area contributed by atoms with E-state index in [9.17, 15) is 0 Å². The average molecular weight is 413 g/mol. The summed E-state index contributed by atoms with van der Waals surface area (Å²) in [6.45, 7) is 0. The Labute approximate surface area is 178 Å². The Morgan fingerprint density at radius 2 is 1.04 bits per heavy atom. The van der Waals surface area contributed by atoms with E-state index in [0.29, 0.717) is 0 Å². The fraction of sp³-hybridized carbons (Fsp3) is 0. The normalized spacial score (nSPS) is 9.31. The van der Waals surface area contributed by atoms with Crippen molar-refractivity contribution in [1.29, 1.82) is 0 Å². The van der Waals surface area contributed by atoms with Crippen LogP contribution in [0.3, 0.4) is 0 Å². The first-order valence-corrected chi connectivity index (χ1v) is 9.01. The molecule has 0 amide bonds. The van der Waals surface area contributed by atoms with Gasteiger partial charge >= 0.3 is 24.8 Å². The second-order valence-electron chi connectivity index (χ2n) is 5.47. The largest absolute Gasteiger partial charge is 1.00 e. The van der Waals surface area contributed by atoms with Gasteiger partial charge in [-0.05, 0) is 0 Å². The minimum absolute atomic E-state index is 0. The van der Waals surface area contributed by atoms with Crippen LogP contribution in [0.25, 0.3) is 32.3 Å². The van der Waals surface area contributed by atoms with Crippen molar-refractivity contribution in [3.8, 4) is 0 Å². The van der Waals surface area contributed by atoms with Crippen molar-refractivity contribution in [2.24, 2.45) is 0 Å². The summed E-state index contributed by atoms with van der Waals surface area (Å²) in [4.78, 5) is 3.25. The van der Waals surface area contributed by atoms with Crippen LogP contribution in [-0.2, 0) is 20.0 Å². The van der Waals surface area contributed by atoms with E-state index in [0.717, 1.165) is 0 Å². The van der Waals surface area contributed by atoms with Crippen LogP contribution in [0.5, 0.6) is 0 Å². The van der Waals surface area contributed by atoms with Gasteiger partial charge in [-0.3, -0.25) is 0 Å². The maximum atomic E-state index is 3.25. The molecule has 0 N–H and O–H groups in total. The smallest absolute Gasteiger partial charge is 0.0771 e. The third-order valence-corrected chi connectivity index (χ3v) is 4.07. The molecule has 0 saturated carbocycles. The molecule has 0 saturated heterocycles. The monoisotopic (exact) mass is 412 g/mol. The van der Waals surface area contributed by atoms with E-state index < -0.39 is 0 Å². The Kier molecular flexibility index (Phi) is 9.55. The minimum atomic E-state index is 0. The van der Waals surface area contributed by atoms with Crippen LogP contribution in [0.15, 0.2) is 97.1 Å². The molecular formula is C23H18Cl2Ti-2. The Bertz CT molecular complexity index is 979. The van der Waals surface area contributed by atoms with E-state index >= 15 is 0 Å². The second kappa shape index (κ2) is 11.1. The van der Waals surface area contributed by atoms with Gasteiger partial charge in [-0.1, -0.05) is 42.5 Å². The Balaban J connectivity index is 0.000000232. The maximum Gasteiger partial charge on any atom is -0.0771 e. The van der Waals surface area contributed by atoms with Crippen LogP contribution in [0.4, 0.5) is 0 Å². The molecule has 0 spiro atoms. The molecule has 5 aromatic carbocycles.